The number of hydrogen-bond acceptors (Lipinski definition) is 3. The SMILES string of the molecule is CCCCOC(=O)c1ccc[n+]([O-])c1. The number of hydrogen-bond donors (Lipinski definition) is 0. The number of aromatic nitrogens is 1. The highest BCUT2D eigenvalue weighted by molar-refractivity contribution is 5.88. The van der Waals surface area contributed by atoms with Crippen molar-refractivity contribution in [3.63, 3.8) is 0 Å². The second-order valence-electron chi connectivity index (χ2n) is 2.94. The van der Waals surface area contributed by atoms with Crippen LogP contribution < -0.4 is 4.73 Å². The summed E-state index contributed by atoms with van der Waals surface area (Å²) in [7, 11) is 0. The van der Waals surface area contributed by atoms with E-state index in [9.17, 15) is 10.0 Å². The molecular formula is C10H13NO3. The highest BCUT2D eigenvalue weighted by atomic mass is 16.5. The van der Waals surface area contributed by atoms with Crippen molar-refractivity contribution in [2.24, 2.45) is 0 Å². The maximum Gasteiger partial charge on any atom is 0.344 e. The van der Waals surface area contributed by atoms with E-state index in [1.807, 2.05) is 6.92 Å². The number of esters is 1. The summed E-state index contributed by atoms with van der Waals surface area (Å²) < 4.78 is 5.51. The molecule has 4 nitrogen and oxygen atoms in total. The summed E-state index contributed by atoms with van der Waals surface area (Å²) in [5.41, 5.74) is 0.290. The normalized spacial score (nSPS) is 9.79. The van der Waals surface area contributed by atoms with Crippen LogP contribution >= 0.6 is 0 Å². The third-order valence-corrected chi connectivity index (χ3v) is 1.74. The zero-order valence-electron chi connectivity index (χ0n) is 8.10. The molecule has 0 spiro atoms. The minimum absolute atomic E-state index is 0.290. The maximum absolute atomic E-state index is 11.3. The molecule has 0 aliphatic carbocycles. The Balaban J connectivity index is 2.52. The quantitative estimate of drug-likeness (QED) is 0.315. The number of pyridine rings is 1. The van der Waals surface area contributed by atoms with Gasteiger partial charge in [-0.25, -0.2) is 4.79 Å². The number of carbonyl (C=O) groups excluding carboxylic acids is 1. The average Bonchev–Trinajstić information content (AvgIpc) is 2.18. The van der Waals surface area contributed by atoms with Crippen molar-refractivity contribution in [3.05, 3.63) is 35.3 Å². The van der Waals surface area contributed by atoms with Crippen molar-refractivity contribution < 1.29 is 14.3 Å². The molecule has 0 aliphatic rings. The topological polar surface area (TPSA) is 53.2 Å². The van der Waals surface area contributed by atoms with Crippen LogP contribution in [0.4, 0.5) is 0 Å². The fraction of sp³-hybridized carbons (Fsp3) is 0.400. The maximum atomic E-state index is 11.3. The van der Waals surface area contributed by atoms with Crippen LogP contribution in [0.15, 0.2) is 24.5 Å². The van der Waals surface area contributed by atoms with Gasteiger partial charge in [0.2, 0.25) is 0 Å². The second kappa shape index (κ2) is 5.21. The van der Waals surface area contributed by atoms with Crippen molar-refractivity contribution in [2.45, 2.75) is 19.8 Å². The van der Waals surface area contributed by atoms with Crippen molar-refractivity contribution >= 4 is 5.97 Å². The van der Waals surface area contributed by atoms with Gasteiger partial charge in [0.25, 0.3) is 0 Å². The molecule has 0 amide bonds. The molecule has 0 atom stereocenters. The third kappa shape index (κ3) is 3.05. The molecule has 0 saturated heterocycles. The molecule has 0 unspecified atom stereocenters. The summed E-state index contributed by atoms with van der Waals surface area (Å²) in [4.78, 5) is 11.3. The average molecular weight is 195 g/mol. The van der Waals surface area contributed by atoms with E-state index in [-0.39, 0.29) is 0 Å². The van der Waals surface area contributed by atoms with Gasteiger partial charge in [0.05, 0.1) is 6.61 Å². The van der Waals surface area contributed by atoms with E-state index in [2.05, 4.69) is 0 Å². The standard InChI is InChI=1S/C10H13NO3/c1-2-3-7-14-10(12)9-5-4-6-11(13)8-9/h4-6,8H,2-3,7H2,1H3. The van der Waals surface area contributed by atoms with Gasteiger partial charge in [-0.1, -0.05) is 13.3 Å². The van der Waals surface area contributed by atoms with Crippen LogP contribution in [0.2, 0.25) is 0 Å². The molecule has 0 saturated carbocycles. The van der Waals surface area contributed by atoms with Crippen LogP contribution in [-0.2, 0) is 4.74 Å². The first kappa shape index (κ1) is 10.5. The highest BCUT2D eigenvalue weighted by Gasteiger charge is 2.09. The van der Waals surface area contributed by atoms with Crippen LogP contribution in [0.1, 0.15) is 30.1 Å². The van der Waals surface area contributed by atoms with E-state index in [0.29, 0.717) is 16.9 Å². The molecule has 4 heteroatoms. The Morgan fingerprint density at radius 1 is 1.64 bits per heavy atom. The zero-order chi connectivity index (χ0) is 10.4. The van der Waals surface area contributed by atoms with E-state index in [1.165, 1.54) is 18.5 Å². The molecule has 1 aromatic heterocycles. The van der Waals surface area contributed by atoms with Crippen LogP contribution in [-0.4, -0.2) is 12.6 Å². The molecule has 0 fully saturated rings. The molecule has 76 valence electrons. The monoisotopic (exact) mass is 195 g/mol. The molecule has 0 aliphatic heterocycles. The molecule has 1 aromatic rings. The number of rotatable bonds is 4. The lowest BCUT2D eigenvalue weighted by molar-refractivity contribution is -0.605. The van der Waals surface area contributed by atoms with E-state index < -0.39 is 5.97 Å². The molecular weight excluding hydrogens is 182 g/mol. The number of carbonyl (C=O) groups is 1. The molecule has 14 heavy (non-hydrogen) atoms. The Morgan fingerprint density at radius 3 is 3.07 bits per heavy atom. The second-order valence-corrected chi connectivity index (χ2v) is 2.94. The van der Waals surface area contributed by atoms with Gasteiger partial charge >= 0.3 is 5.97 Å². The summed E-state index contributed by atoms with van der Waals surface area (Å²) in [6.45, 7) is 2.42. The fourth-order valence-corrected chi connectivity index (χ4v) is 0.968. The fourth-order valence-electron chi connectivity index (χ4n) is 0.968. The molecule has 0 N–H and O–H groups in total. The van der Waals surface area contributed by atoms with Crippen molar-refractivity contribution in [1.29, 1.82) is 0 Å². The van der Waals surface area contributed by atoms with Gasteiger partial charge in [-0.3, -0.25) is 0 Å². The van der Waals surface area contributed by atoms with Gasteiger partial charge < -0.3 is 9.94 Å². The van der Waals surface area contributed by atoms with Crippen LogP contribution in [0.5, 0.6) is 0 Å². The third-order valence-electron chi connectivity index (χ3n) is 1.74. The minimum Gasteiger partial charge on any atom is -0.619 e. The largest absolute Gasteiger partial charge is 0.619 e. The van der Waals surface area contributed by atoms with Gasteiger partial charge in [-0.2, -0.15) is 4.73 Å². The van der Waals surface area contributed by atoms with Crippen LogP contribution in [0, 0.1) is 5.21 Å². The van der Waals surface area contributed by atoms with Gasteiger partial charge in [-0.05, 0) is 12.5 Å². The van der Waals surface area contributed by atoms with Crippen molar-refractivity contribution in [1.82, 2.24) is 0 Å². The lowest BCUT2D eigenvalue weighted by Gasteiger charge is -2.02. The molecule has 0 aromatic carbocycles. The van der Waals surface area contributed by atoms with Crippen molar-refractivity contribution in [3.8, 4) is 0 Å². The van der Waals surface area contributed by atoms with Gasteiger partial charge in [0, 0.05) is 6.07 Å². The van der Waals surface area contributed by atoms with E-state index in [1.54, 1.807) is 6.07 Å². The van der Waals surface area contributed by atoms with E-state index in [0.717, 1.165) is 12.8 Å². The van der Waals surface area contributed by atoms with Gasteiger partial charge in [0.1, 0.15) is 5.56 Å². The van der Waals surface area contributed by atoms with E-state index >= 15 is 0 Å². The van der Waals surface area contributed by atoms with Crippen molar-refractivity contribution in [2.75, 3.05) is 6.61 Å². The minimum atomic E-state index is -0.441. The Bertz CT molecular complexity index is 312. The summed E-state index contributed by atoms with van der Waals surface area (Å²) in [5.74, 6) is -0.441. The predicted octanol–water partition coefficient (Wildman–Crippen LogP) is 1.28. The smallest absolute Gasteiger partial charge is 0.344 e. The van der Waals surface area contributed by atoms with Gasteiger partial charge in [0.15, 0.2) is 12.4 Å². The Morgan fingerprint density at radius 2 is 2.43 bits per heavy atom. The van der Waals surface area contributed by atoms with Gasteiger partial charge in [-0.15, -0.1) is 0 Å². The summed E-state index contributed by atoms with van der Waals surface area (Å²) in [6, 6.07) is 3.08. The lowest BCUT2D eigenvalue weighted by atomic mass is 10.3. The number of unbranched alkanes of at least 4 members (excludes halogenated alkanes) is 1. The Hall–Kier alpha value is -1.58. The Kier molecular flexibility index (Phi) is 3.91. The molecule has 1 heterocycles. The summed E-state index contributed by atoms with van der Waals surface area (Å²) in [5, 5.41) is 10.8. The first-order valence-corrected chi connectivity index (χ1v) is 4.60. The summed E-state index contributed by atoms with van der Waals surface area (Å²) >= 11 is 0. The highest BCUT2D eigenvalue weighted by Crippen LogP contribution is 1.99. The Labute approximate surface area is 82.7 Å². The summed E-state index contributed by atoms with van der Waals surface area (Å²) in [6.07, 6.45) is 4.34. The van der Waals surface area contributed by atoms with Crippen LogP contribution in [0.25, 0.3) is 0 Å². The first-order valence-electron chi connectivity index (χ1n) is 4.60. The zero-order valence-corrected chi connectivity index (χ0v) is 8.10. The molecule has 1 rings (SSSR count). The molecule has 0 bridgehead atoms. The van der Waals surface area contributed by atoms with Crippen LogP contribution in [0.3, 0.4) is 0 Å². The number of nitrogens with zero attached hydrogens (tertiary/aromatic N) is 1. The first-order chi connectivity index (χ1) is 6.74. The van der Waals surface area contributed by atoms with E-state index in [4.69, 9.17) is 4.74 Å². The molecule has 0 radical (unpaired) electrons. The predicted molar refractivity (Wildman–Crippen MR) is 50.6 cm³/mol. The number of ether oxygens (including phenoxy) is 1. The lowest BCUT2D eigenvalue weighted by Crippen LogP contribution is -2.26.